The molecular formula is C90H102O4. The van der Waals surface area contributed by atoms with Gasteiger partial charge in [-0.15, -0.1) is 0 Å². The zero-order chi connectivity index (χ0) is 68.3. The second-order valence-corrected chi connectivity index (χ2v) is 22.6. The molecule has 94 heavy (non-hydrogen) atoms. The Labute approximate surface area is 565 Å². The first kappa shape index (κ1) is 76.3. The number of phenols is 1. The number of methoxy groups -OCH3 is 3. The number of para-hydroxylation sites is 2. The van der Waals surface area contributed by atoms with Crippen molar-refractivity contribution in [3.63, 3.8) is 0 Å². The molecule has 0 aliphatic heterocycles. The second-order valence-electron chi connectivity index (χ2n) is 22.6. The fraction of sp³-hybridized carbons (Fsp3) is 0.200. The van der Waals surface area contributed by atoms with Gasteiger partial charge in [-0.25, -0.2) is 0 Å². The van der Waals surface area contributed by atoms with Gasteiger partial charge in [0.05, 0.1) is 21.3 Å². The van der Waals surface area contributed by atoms with Gasteiger partial charge < -0.3 is 19.3 Å². The van der Waals surface area contributed by atoms with Crippen molar-refractivity contribution in [1.29, 1.82) is 0 Å². The normalized spacial score (nSPS) is 10.4. The van der Waals surface area contributed by atoms with Crippen LogP contribution < -0.4 is 14.2 Å². The summed E-state index contributed by atoms with van der Waals surface area (Å²) in [6.07, 6.45) is 8.54. The van der Waals surface area contributed by atoms with Crippen molar-refractivity contribution in [2.45, 2.75) is 102 Å². The maximum atomic E-state index is 9.25. The van der Waals surface area contributed by atoms with E-state index in [0.29, 0.717) is 11.7 Å². The van der Waals surface area contributed by atoms with E-state index in [0.717, 1.165) is 30.1 Å². The largest absolute Gasteiger partial charge is 0.508 e. The molecule has 0 saturated carbocycles. The minimum atomic E-state index is 0.319. The fourth-order valence-corrected chi connectivity index (χ4v) is 9.80. The molecule has 486 valence electrons. The lowest BCUT2D eigenvalue weighted by molar-refractivity contribution is 0.411. The summed E-state index contributed by atoms with van der Waals surface area (Å²) in [5.74, 6) is 3.46. The molecule has 1 unspecified atom stereocenters. The van der Waals surface area contributed by atoms with Crippen LogP contribution in [-0.4, -0.2) is 26.4 Å². The summed E-state index contributed by atoms with van der Waals surface area (Å²) in [6, 6.07) is 98.5. The van der Waals surface area contributed by atoms with Crippen LogP contribution in [0.25, 0.3) is 27.1 Å². The first-order valence-electron chi connectivity index (χ1n) is 32.5. The molecule has 0 radical (unpaired) electrons. The average molecular weight is 1250 g/mol. The average Bonchev–Trinajstić information content (AvgIpc) is 0.883. The molecule has 0 saturated heterocycles. The van der Waals surface area contributed by atoms with E-state index in [-0.39, 0.29) is 0 Å². The Bertz CT molecular complexity index is 3870. The highest BCUT2D eigenvalue weighted by atomic mass is 16.5. The maximum absolute atomic E-state index is 9.25. The Morgan fingerprint density at radius 1 is 0.394 bits per heavy atom. The summed E-state index contributed by atoms with van der Waals surface area (Å²) in [4.78, 5) is 0. The summed E-state index contributed by atoms with van der Waals surface area (Å²) in [5, 5.41) is 14.5. The minimum absolute atomic E-state index is 0.319. The van der Waals surface area contributed by atoms with Gasteiger partial charge in [-0.05, 0) is 200 Å². The monoisotopic (exact) mass is 1250 g/mol. The SMILES string of the molecule is C/C=C\C=C(/C)c1ccccc1C.CCc1ccccc1.CCc1ccccc1C.COc1ccc2ccccc2c1.COc1ccccc1.COc1ccccc1C.Cc1ccc(C(C)c2ccc(O)cc2)cc1.Cc1cccc2cccc(C)c12.Cc1ccccc1. The van der Waals surface area contributed by atoms with Crippen molar-refractivity contribution in [3.05, 3.63) is 376 Å². The van der Waals surface area contributed by atoms with E-state index in [2.05, 4.69) is 245 Å². The minimum Gasteiger partial charge on any atom is -0.508 e. The van der Waals surface area contributed by atoms with Gasteiger partial charge in [0.15, 0.2) is 0 Å². The van der Waals surface area contributed by atoms with Crippen molar-refractivity contribution in [3.8, 4) is 23.0 Å². The van der Waals surface area contributed by atoms with E-state index in [1.54, 1.807) is 33.5 Å². The number of fused-ring (bicyclic) bond motifs is 2. The van der Waals surface area contributed by atoms with Gasteiger partial charge in [0.2, 0.25) is 0 Å². The van der Waals surface area contributed by atoms with Crippen LogP contribution in [0.2, 0.25) is 0 Å². The lowest BCUT2D eigenvalue weighted by Crippen LogP contribution is -1.95. The topological polar surface area (TPSA) is 47.9 Å². The summed E-state index contributed by atoms with van der Waals surface area (Å²) < 4.78 is 15.1. The highest BCUT2D eigenvalue weighted by molar-refractivity contribution is 5.88. The van der Waals surface area contributed by atoms with Crippen LogP contribution in [0.5, 0.6) is 23.0 Å². The van der Waals surface area contributed by atoms with Crippen LogP contribution in [0.15, 0.2) is 309 Å². The number of rotatable bonds is 9. The summed E-state index contributed by atoms with van der Waals surface area (Å²) in [5.41, 5.74) is 17.3. The van der Waals surface area contributed by atoms with Gasteiger partial charge in [0.1, 0.15) is 23.0 Å². The standard InChI is InChI=1S/C15H16O.C13H16.C12H12.C11H10O.C9H12.C8H10O.C8H10.C7H8O.C7H8/c1-11-3-5-13(6-4-11)12(2)14-7-9-15(16)10-8-14;1-4-5-8-11(2)13-10-7-6-9-12(13)3;1-9-5-3-7-11-8-4-6-10(2)12(9)11;1-12-11-7-6-9-4-2-3-5-10(9)8-11;1-3-9-7-5-4-6-8(9)2;1-7-5-3-4-6-8(7)9-2;1-2-8-6-4-3-5-7-8;1-8-7-5-3-2-4-6-7;1-7-5-3-2-4-6-7/h3-10,12,16H,1-2H3;4-10H,1-3H3;3-8H,1-2H3;2-8H,1H3;4-7H,3H2,1-2H3;3-6H,1-2H3;3-7H,2H2,1H3;2-6H,1H3;2-6H,1H3/b;5-4-,11-8+;;;;;;;. The summed E-state index contributed by atoms with van der Waals surface area (Å²) >= 11 is 0. The van der Waals surface area contributed by atoms with Crippen molar-refractivity contribution in [2.24, 2.45) is 0 Å². The number of hydrogen-bond acceptors (Lipinski definition) is 4. The Hall–Kier alpha value is -10.2. The second kappa shape index (κ2) is 44.4. The molecule has 0 aromatic heterocycles. The molecule has 12 rings (SSSR count). The van der Waals surface area contributed by atoms with E-state index >= 15 is 0 Å². The number of ether oxygens (including phenoxy) is 3. The first-order chi connectivity index (χ1) is 45.5. The lowest BCUT2D eigenvalue weighted by atomic mass is 9.93. The molecule has 0 aliphatic rings. The van der Waals surface area contributed by atoms with Crippen molar-refractivity contribution >= 4 is 27.1 Å². The molecular weight excluding hydrogens is 1140 g/mol. The molecule has 12 aromatic rings. The van der Waals surface area contributed by atoms with E-state index in [1.807, 2.05) is 135 Å². The van der Waals surface area contributed by atoms with Gasteiger partial charge >= 0.3 is 0 Å². The smallest absolute Gasteiger partial charge is 0.121 e. The Balaban J connectivity index is 0.000000228. The predicted octanol–water partition coefficient (Wildman–Crippen LogP) is 24.6. The van der Waals surface area contributed by atoms with Crippen LogP contribution in [0.4, 0.5) is 0 Å². The Morgan fingerprint density at radius 2 is 0.851 bits per heavy atom. The van der Waals surface area contributed by atoms with Gasteiger partial charge in [-0.2, -0.15) is 0 Å². The van der Waals surface area contributed by atoms with Gasteiger partial charge in [-0.3, -0.25) is 0 Å². The molecule has 0 spiro atoms. The summed E-state index contributed by atoms with van der Waals surface area (Å²) in [6.45, 7) is 25.5. The van der Waals surface area contributed by atoms with Crippen molar-refractivity contribution < 1.29 is 19.3 Å². The van der Waals surface area contributed by atoms with Gasteiger partial charge in [0, 0.05) is 5.92 Å². The van der Waals surface area contributed by atoms with Crippen LogP contribution in [0.3, 0.4) is 0 Å². The van der Waals surface area contributed by atoms with E-state index in [4.69, 9.17) is 14.2 Å². The Kier molecular flexibility index (Phi) is 36.0. The van der Waals surface area contributed by atoms with E-state index < -0.39 is 0 Å². The molecule has 1 N–H and O–H groups in total. The third-order valence-corrected chi connectivity index (χ3v) is 15.5. The molecule has 0 aliphatic carbocycles. The highest BCUT2D eigenvalue weighted by Gasteiger charge is 2.08. The molecule has 0 fully saturated rings. The molecule has 12 aromatic carbocycles. The van der Waals surface area contributed by atoms with Crippen LogP contribution >= 0.6 is 0 Å². The molecule has 1 atom stereocenters. The molecule has 0 amide bonds. The fourth-order valence-electron chi connectivity index (χ4n) is 9.80. The third kappa shape index (κ3) is 28.6. The van der Waals surface area contributed by atoms with Crippen LogP contribution in [0.1, 0.15) is 107 Å². The molecule has 4 nitrogen and oxygen atoms in total. The Morgan fingerprint density at radius 3 is 1.30 bits per heavy atom. The number of aromatic hydroxyl groups is 1. The van der Waals surface area contributed by atoms with Crippen LogP contribution in [0, 0.1) is 48.5 Å². The number of phenolic OH excluding ortho intramolecular Hbond substituents is 1. The lowest BCUT2D eigenvalue weighted by Gasteiger charge is -2.12. The van der Waals surface area contributed by atoms with E-state index in [1.165, 1.54) is 93.9 Å². The zero-order valence-electron chi connectivity index (χ0n) is 58.6. The van der Waals surface area contributed by atoms with E-state index in [9.17, 15) is 5.11 Å². The number of allylic oxidation sites excluding steroid dienone is 4. The molecule has 0 bridgehead atoms. The van der Waals surface area contributed by atoms with Gasteiger partial charge in [-0.1, -0.05) is 299 Å². The quantitative estimate of drug-likeness (QED) is 0.146. The first-order valence-corrected chi connectivity index (χ1v) is 32.5. The highest BCUT2D eigenvalue weighted by Crippen LogP contribution is 2.27. The molecule has 4 heteroatoms. The zero-order valence-corrected chi connectivity index (χ0v) is 58.6. The number of aryl methyl sites for hydroxylation is 9. The van der Waals surface area contributed by atoms with Crippen molar-refractivity contribution in [1.82, 2.24) is 0 Å². The van der Waals surface area contributed by atoms with Crippen LogP contribution in [-0.2, 0) is 12.8 Å². The van der Waals surface area contributed by atoms with Gasteiger partial charge in [0.25, 0.3) is 0 Å². The predicted molar refractivity (Wildman–Crippen MR) is 409 cm³/mol. The number of benzene rings is 12. The maximum Gasteiger partial charge on any atom is 0.121 e. The van der Waals surface area contributed by atoms with Crippen molar-refractivity contribution in [2.75, 3.05) is 21.3 Å². The summed E-state index contributed by atoms with van der Waals surface area (Å²) in [7, 11) is 5.03. The molecule has 0 heterocycles. The third-order valence-electron chi connectivity index (χ3n) is 15.5. The number of hydrogen-bond donors (Lipinski definition) is 1.